The Morgan fingerprint density at radius 3 is 2.53 bits per heavy atom. The van der Waals surface area contributed by atoms with Gasteiger partial charge in [0, 0.05) is 13.0 Å². The van der Waals surface area contributed by atoms with Crippen molar-refractivity contribution in [3.8, 4) is 11.8 Å². The number of allylic oxidation sites excluding steroid dienone is 1. The van der Waals surface area contributed by atoms with Gasteiger partial charge in [0.05, 0.1) is 0 Å². The molecule has 0 aromatic heterocycles. The lowest BCUT2D eigenvalue weighted by Gasteiger charge is -2.31. The van der Waals surface area contributed by atoms with E-state index < -0.39 is 8.32 Å². The van der Waals surface area contributed by atoms with Gasteiger partial charge in [-0.2, -0.15) is 0 Å². The lowest BCUT2D eigenvalue weighted by molar-refractivity contribution is 0.144. The summed E-state index contributed by atoms with van der Waals surface area (Å²) in [4.78, 5) is 0. The highest BCUT2D eigenvalue weighted by atomic mass is 28.4. The average molecular weight is 223 g/mol. The molecule has 0 bridgehead atoms. The molecule has 1 rings (SSSR count). The zero-order valence-corrected chi connectivity index (χ0v) is 11.2. The molecule has 2 nitrogen and oxygen atoms in total. The van der Waals surface area contributed by atoms with Crippen LogP contribution in [0.2, 0.25) is 19.6 Å². The molecule has 0 aliphatic carbocycles. The Balaban J connectivity index is 2.81. The van der Waals surface area contributed by atoms with E-state index >= 15 is 0 Å². The molecule has 84 valence electrons. The molecule has 1 atom stereocenters. The Morgan fingerprint density at radius 2 is 2.13 bits per heavy atom. The summed E-state index contributed by atoms with van der Waals surface area (Å²) in [6, 6.07) is 0. The van der Waals surface area contributed by atoms with Crippen molar-refractivity contribution < 1.29 is 4.43 Å². The lowest BCUT2D eigenvalue weighted by Crippen LogP contribution is -2.43. The van der Waals surface area contributed by atoms with Gasteiger partial charge >= 0.3 is 0 Å². The quantitative estimate of drug-likeness (QED) is 0.572. The van der Waals surface area contributed by atoms with Crippen LogP contribution < -0.4 is 5.32 Å². The summed E-state index contributed by atoms with van der Waals surface area (Å²) < 4.78 is 6.20. The van der Waals surface area contributed by atoms with Crippen LogP contribution in [-0.4, -0.2) is 27.0 Å². The Labute approximate surface area is 94.2 Å². The van der Waals surface area contributed by atoms with Crippen molar-refractivity contribution in [2.45, 2.75) is 38.6 Å². The molecule has 0 aromatic rings. The maximum Gasteiger partial charge on any atom is 0.185 e. The molecule has 0 aromatic carbocycles. The molecule has 1 fully saturated rings. The average Bonchev–Trinajstić information content (AvgIpc) is 2.47. The molecule has 0 amide bonds. The standard InChI is InChI=1S/C12H21NOSi/c1-11(2)6-7-12(8-9-13-10-12)14-15(3,4)5/h13H,1,8-10H2,2-5H3. The van der Waals surface area contributed by atoms with E-state index in [0.717, 1.165) is 25.1 Å². The van der Waals surface area contributed by atoms with Crippen LogP contribution in [0.3, 0.4) is 0 Å². The normalized spacial score (nSPS) is 25.9. The van der Waals surface area contributed by atoms with Crippen molar-refractivity contribution in [2.75, 3.05) is 13.1 Å². The molecular weight excluding hydrogens is 202 g/mol. The van der Waals surface area contributed by atoms with Gasteiger partial charge in [-0.25, -0.2) is 0 Å². The Hall–Kier alpha value is -0.563. The molecule has 0 saturated carbocycles. The minimum Gasteiger partial charge on any atom is -0.400 e. The summed E-state index contributed by atoms with van der Waals surface area (Å²) >= 11 is 0. The van der Waals surface area contributed by atoms with Crippen LogP contribution in [0.4, 0.5) is 0 Å². The van der Waals surface area contributed by atoms with Crippen LogP contribution in [0, 0.1) is 11.8 Å². The highest BCUT2D eigenvalue weighted by Gasteiger charge is 2.37. The van der Waals surface area contributed by atoms with Gasteiger partial charge in [-0.1, -0.05) is 18.4 Å². The van der Waals surface area contributed by atoms with Crippen molar-refractivity contribution in [2.24, 2.45) is 0 Å². The van der Waals surface area contributed by atoms with Crippen LogP contribution >= 0.6 is 0 Å². The lowest BCUT2D eigenvalue weighted by atomic mass is 10.0. The third-order valence-corrected chi connectivity index (χ3v) is 3.12. The van der Waals surface area contributed by atoms with E-state index in [-0.39, 0.29) is 5.60 Å². The van der Waals surface area contributed by atoms with E-state index in [1.165, 1.54) is 0 Å². The Morgan fingerprint density at radius 1 is 1.47 bits per heavy atom. The van der Waals surface area contributed by atoms with Gasteiger partial charge in [-0.3, -0.25) is 0 Å². The van der Waals surface area contributed by atoms with Gasteiger partial charge in [-0.05, 0) is 38.7 Å². The predicted molar refractivity (Wildman–Crippen MR) is 67.2 cm³/mol. The van der Waals surface area contributed by atoms with Crippen molar-refractivity contribution in [1.29, 1.82) is 0 Å². The monoisotopic (exact) mass is 223 g/mol. The van der Waals surface area contributed by atoms with E-state index in [4.69, 9.17) is 4.43 Å². The number of hydrogen-bond donors (Lipinski definition) is 1. The van der Waals surface area contributed by atoms with Gasteiger partial charge < -0.3 is 9.74 Å². The molecule has 1 N–H and O–H groups in total. The van der Waals surface area contributed by atoms with Crippen LogP contribution in [-0.2, 0) is 4.43 Å². The zero-order valence-electron chi connectivity index (χ0n) is 10.2. The van der Waals surface area contributed by atoms with Gasteiger partial charge in [0.15, 0.2) is 8.32 Å². The summed E-state index contributed by atoms with van der Waals surface area (Å²) in [6.07, 6.45) is 0.984. The minimum atomic E-state index is -1.54. The number of nitrogens with one attached hydrogen (secondary N) is 1. The summed E-state index contributed by atoms with van der Waals surface area (Å²) in [7, 11) is -1.54. The van der Waals surface area contributed by atoms with Crippen molar-refractivity contribution >= 4 is 8.32 Å². The fraction of sp³-hybridized carbons (Fsp3) is 0.667. The Kier molecular flexibility index (Phi) is 3.77. The summed E-state index contributed by atoms with van der Waals surface area (Å²) in [6.45, 7) is 14.2. The molecule has 1 unspecified atom stereocenters. The molecule has 1 heterocycles. The highest BCUT2D eigenvalue weighted by molar-refractivity contribution is 6.69. The molecule has 0 radical (unpaired) electrons. The molecular formula is C12H21NOSi. The van der Waals surface area contributed by atoms with E-state index in [1.54, 1.807) is 0 Å². The maximum atomic E-state index is 6.20. The molecule has 15 heavy (non-hydrogen) atoms. The van der Waals surface area contributed by atoms with E-state index in [2.05, 4.69) is 43.4 Å². The third kappa shape index (κ3) is 4.21. The highest BCUT2D eigenvalue weighted by Crippen LogP contribution is 2.24. The second kappa shape index (κ2) is 4.52. The first-order valence-corrected chi connectivity index (χ1v) is 8.83. The number of hydrogen-bond acceptors (Lipinski definition) is 2. The third-order valence-electron chi connectivity index (χ3n) is 2.12. The SMILES string of the molecule is C=C(C)C#CC1(O[Si](C)(C)C)CCNC1. The fourth-order valence-corrected chi connectivity index (χ4v) is 3.09. The van der Waals surface area contributed by atoms with E-state index in [0.29, 0.717) is 0 Å². The first kappa shape index (κ1) is 12.5. The molecule has 0 spiro atoms. The van der Waals surface area contributed by atoms with E-state index in [9.17, 15) is 0 Å². The summed E-state index contributed by atoms with van der Waals surface area (Å²) in [5.41, 5.74) is 0.643. The smallest absolute Gasteiger partial charge is 0.185 e. The van der Waals surface area contributed by atoms with Crippen LogP contribution in [0.25, 0.3) is 0 Å². The maximum absolute atomic E-state index is 6.20. The first-order valence-electron chi connectivity index (χ1n) is 5.43. The summed E-state index contributed by atoms with van der Waals surface area (Å²) in [5.74, 6) is 6.32. The largest absolute Gasteiger partial charge is 0.400 e. The molecule has 3 heteroatoms. The van der Waals surface area contributed by atoms with Crippen molar-refractivity contribution in [1.82, 2.24) is 5.32 Å². The second-order valence-corrected chi connectivity index (χ2v) is 9.59. The van der Waals surface area contributed by atoms with Crippen LogP contribution in [0.1, 0.15) is 13.3 Å². The van der Waals surface area contributed by atoms with Crippen LogP contribution in [0.15, 0.2) is 12.2 Å². The Bertz CT molecular complexity index is 300. The molecule has 1 aliphatic heterocycles. The summed E-state index contributed by atoms with van der Waals surface area (Å²) in [5, 5.41) is 3.32. The van der Waals surface area contributed by atoms with Gasteiger partial charge in [-0.15, -0.1) is 0 Å². The topological polar surface area (TPSA) is 21.3 Å². The molecule has 1 saturated heterocycles. The molecule has 1 aliphatic rings. The van der Waals surface area contributed by atoms with Gasteiger partial charge in [0.25, 0.3) is 0 Å². The second-order valence-electron chi connectivity index (χ2n) is 5.17. The van der Waals surface area contributed by atoms with Gasteiger partial charge in [0.2, 0.25) is 0 Å². The van der Waals surface area contributed by atoms with Crippen molar-refractivity contribution in [3.05, 3.63) is 12.2 Å². The number of rotatable bonds is 2. The fourth-order valence-electron chi connectivity index (χ4n) is 1.70. The first-order chi connectivity index (χ1) is 6.83. The van der Waals surface area contributed by atoms with Crippen LogP contribution in [0.5, 0.6) is 0 Å². The predicted octanol–water partition coefficient (Wildman–Crippen LogP) is 2.15. The van der Waals surface area contributed by atoms with Crippen molar-refractivity contribution in [3.63, 3.8) is 0 Å². The van der Waals surface area contributed by atoms with Gasteiger partial charge in [0.1, 0.15) is 5.60 Å². The van der Waals surface area contributed by atoms with E-state index in [1.807, 2.05) is 6.92 Å². The zero-order chi connectivity index (χ0) is 11.5. The minimum absolute atomic E-state index is 0.260.